The summed E-state index contributed by atoms with van der Waals surface area (Å²) in [7, 11) is 5.74. The molecule has 2 N–H and O–H groups in total. The second-order valence-electron chi connectivity index (χ2n) is 3.55. The Morgan fingerprint density at radius 2 is 2.09 bits per heavy atom. The monoisotopic (exact) mass is 264 g/mol. The highest BCUT2D eigenvalue weighted by atomic mass is 127. The lowest BCUT2D eigenvalue weighted by atomic mass is 9.90. The molecule has 62 valence electrons. The number of rotatable bonds is 1. The first-order valence-electron chi connectivity index (χ1n) is 3.91. The van der Waals surface area contributed by atoms with Crippen molar-refractivity contribution in [2.75, 3.05) is 13.1 Å². The molecular formula is C7H14BIN2. The van der Waals surface area contributed by atoms with E-state index >= 15 is 0 Å². The Morgan fingerprint density at radius 1 is 1.45 bits per heavy atom. The quantitative estimate of drug-likeness (QED) is 0.403. The van der Waals surface area contributed by atoms with Crippen molar-refractivity contribution < 1.29 is 0 Å². The van der Waals surface area contributed by atoms with E-state index < -0.39 is 0 Å². The smallest absolute Gasteiger partial charge is 0.0924 e. The molecule has 0 aliphatic carbocycles. The van der Waals surface area contributed by atoms with Crippen LogP contribution in [0.5, 0.6) is 0 Å². The highest BCUT2D eigenvalue weighted by Crippen LogP contribution is 2.22. The molecule has 0 amide bonds. The second kappa shape index (κ2) is 3.62. The van der Waals surface area contributed by atoms with Crippen molar-refractivity contribution in [3.63, 3.8) is 0 Å². The van der Waals surface area contributed by atoms with Crippen LogP contribution in [0, 0.1) is 0 Å². The topological polar surface area (TPSA) is 24.1 Å². The fraction of sp³-hybridized carbons (Fsp3) is 1.00. The maximum atomic E-state index is 5.74. The van der Waals surface area contributed by atoms with Crippen molar-refractivity contribution in [2.24, 2.45) is 0 Å². The third-order valence-corrected chi connectivity index (χ3v) is 2.71. The normalized spacial score (nSPS) is 33.7. The fourth-order valence-electron chi connectivity index (χ4n) is 1.20. The second-order valence-corrected chi connectivity index (χ2v) is 6.33. The molecule has 4 heteroatoms. The van der Waals surface area contributed by atoms with Gasteiger partial charge in [-0.1, -0.05) is 22.6 Å². The fourth-order valence-corrected chi connectivity index (χ4v) is 1.60. The Balaban J connectivity index is 2.46. The average Bonchev–Trinajstić information content (AvgIpc) is 1.86. The molecule has 1 heterocycles. The van der Waals surface area contributed by atoms with Gasteiger partial charge in [-0.15, -0.1) is 0 Å². The summed E-state index contributed by atoms with van der Waals surface area (Å²) in [6, 6.07) is 0.479. The third-order valence-electron chi connectivity index (χ3n) is 1.96. The molecule has 2 atom stereocenters. The minimum Gasteiger partial charge on any atom is -0.316 e. The highest BCUT2D eigenvalue weighted by Gasteiger charge is 2.29. The van der Waals surface area contributed by atoms with Gasteiger partial charge in [0, 0.05) is 22.6 Å². The van der Waals surface area contributed by atoms with Crippen LogP contribution in [-0.4, -0.2) is 36.3 Å². The van der Waals surface area contributed by atoms with Crippen LogP contribution in [0.25, 0.3) is 0 Å². The predicted octanol–water partition coefficient (Wildman–Crippen LogP) is 0.256. The maximum Gasteiger partial charge on any atom is 0.0924 e. The summed E-state index contributed by atoms with van der Waals surface area (Å²) < 4.78 is 0.267. The maximum absolute atomic E-state index is 5.74. The molecule has 0 aromatic carbocycles. The van der Waals surface area contributed by atoms with Gasteiger partial charge < -0.3 is 10.6 Å². The van der Waals surface area contributed by atoms with E-state index in [2.05, 4.69) is 47.1 Å². The van der Waals surface area contributed by atoms with Crippen molar-refractivity contribution in [1.29, 1.82) is 0 Å². The number of halogens is 1. The highest BCUT2D eigenvalue weighted by molar-refractivity contribution is 14.1. The largest absolute Gasteiger partial charge is 0.316 e. The summed E-state index contributed by atoms with van der Waals surface area (Å²) >= 11 is 2.45. The molecule has 1 saturated heterocycles. The lowest BCUT2D eigenvalue weighted by Gasteiger charge is -2.37. The van der Waals surface area contributed by atoms with Gasteiger partial charge in [0.2, 0.25) is 0 Å². The van der Waals surface area contributed by atoms with Crippen LogP contribution in [-0.2, 0) is 0 Å². The number of alkyl halides is 1. The first-order chi connectivity index (χ1) is 5.00. The van der Waals surface area contributed by atoms with Crippen molar-refractivity contribution in [3.05, 3.63) is 0 Å². The SMILES string of the molecule is [B]C1CNCC(C(C)(C)I)N1. The van der Waals surface area contributed by atoms with Crippen LogP contribution in [0.4, 0.5) is 0 Å². The molecular weight excluding hydrogens is 250 g/mol. The molecule has 1 fully saturated rings. The zero-order valence-corrected chi connectivity index (χ0v) is 9.18. The van der Waals surface area contributed by atoms with E-state index in [1.54, 1.807) is 0 Å². The third kappa shape index (κ3) is 2.91. The van der Waals surface area contributed by atoms with Crippen molar-refractivity contribution >= 4 is 30.4 Å². The standard InChI is InChI=1S/C7H14BIN2/c1-7(2,9)5-3-10-4-6(8)11-5/h5-6,10-11H,3-4H2,1-2H3. The van der Waals surface area contributed by atoms with E-state index in [-0.39, 0.29) is 9.36 Å². The van der Waals surface area contributed by atoms with Crippen LogP contribution in [0.2, 0.25) is 0 Å². The molecule has 1 aliphatic heterocycles. The Labute approximate surface area is 83.4 Å². The summed E-state index contributed by atoms with van der Waals surface area (Å²) in [5.41, 5.74) is 0. The van der Waals surface area contributed by atoms with Crippen molar-refractivity contribution in [1.82, 2.24) is 10.6 Å². The van der Waals surface area contributed by atoms with Gasteiger partial charge in [-0.05, 0) is 19.8 Å². The molecule has 0 bridgehead atoms. The van der Waals surface area contributed by atoms with Crippen LogP contribution < -0.4 is 10.6 Å². The summed E-state index contributed by atoms with van der Waals surface area (Å²) in [6.45, 7) is 6.32. The van der Waals surface area contributed by atoms with E-state index in [0.717, 1.165) is 13.1 Å². The van der Waals surface area contributed by atoms with Gasteiger partial charge in [0.15, 0.2) is 0 Å². The molecule has 2 nitrogen and oxygen atoms in total. The van der Waals surface area contributed by atoms with Gasteiger partial charge in [0.25, 0.3) is 0 Å². The van der Waals surface area contributed by atoms with E-state index in [9.17, 15) is 0 Å². The average molecular weight is 264 g/mol. The molecule has 2 radical (unpaired) electrons. The van der Waals surface area contributed by atoms with Crippen LogP contribution in [0.3, 0.4) is 0 Å². The van der Waals surface area contributed by atoms with Crippen LogP contribution >= 0.6 is 22.6 Å². The summed E-state index contributed by atoms with van der Waals surface area (Å²) in [4.78, 5) is 0. The lowest BCUT2D eigenvalue weighted by molar-refractivity contribution is 0.356. The molecule has 0 aromatic heterocycles. The zero-order chi connectivity index (χ0) is 8.48. The van der Waals surface area contributed by atoms with E-state index in [1.165, 1.54) is 0 Å². The Morgan fingerprint density at radius 3 is 2.45 bits per heavy atom. The molecule has 0 spiro atoms. The lowest BCUT2D eigenvalue weighted by Crippen LogP contribution is -2.60. The summed E-state index contributed by atoms with van der Waals surface area (Å²) in [5, 5.41) is 6.66. The molecule has 11 heavy (non-hydrogen) atoms. The van der Waals surface area contributed by atoms with Crippen molar-refractivity contribution in [2.45, 2.75) is 29.3 Å². The molecule has 1 aliphatic rings. The number of nitrogens with one attached hydrogen (secondary N) is 2. The van der Waals surface area contributed by atoms with Crippen molar-refractivity contribution in [3.8, 4) is 0 Å². The van der Waals surface area contributed by atoms with Gasteiger partial charge in [-0.2, -0.15) is 0 Å². The van der Waals surface area contributed by atoms with E-state index in [0.29, 0.717) is 6.04 Å². The van der Waals surface area contributed by atoms with E-state index in [1.807, 2.05) is 0 Å². The number of hydrogen-bond donors (Lipinski definition) is 2. The molecule has 1 rings (SSSR count). The Kier molecular flexibility index (Phi) is 3.22. The van der Waals surface area contributed by atoms with E-state index in [4.69, 9.17) is 7.85 Å². The van der Waals surface area contributed by atoms with Gasteiger partial charge in [0.1, 0.15) is 0 Å². The summed E-state index contributed by atoms with van der Waals surface area (Å²) in [6.07, 6.45) is 0. The Bertz CT molecular complexity index is 135. The minimum absolute atomic E-state index is 0.114. The van der Waals surface area contributed by atoms with Gasteiger partial charge in [-0.25, -0.2) is 0 Å². The van der Waals surface area contributed by atoms with Crippen LogP contribution in [0.15, 0.2) is 0 Å². The molecule has 2 unspecified atom stereocenters. The minimum atomic E-state index is 0.114. The van der Waals surface area contributed by atoms with Crippen LogP contribution in [0.1, 0.15) is 13.8 Å². The molecule has 0 aromatic rings. The predicted molar refractivity (Wildman–Crippen MR) is 57.4 cm³/mol. The van der Waals surface area contributed by atoms with Gasteiger partial charge in [0.05, 0.1) is 7.85 Å². The zero-order valence-electron chi connectivity index (χ0n) is 7.02. The van der Waals surface area contributed by atoms with Gasteiger partial charge in [-0.3, -0.25) is 0 Å². The molecule has 0 saturated carbocycles. The first kappa shape index (κ1) is 9.80. The number of piperazine rings is 1. The first-order valence-corrected chi connectivity index (χ1v) is 4.99. The summed E-state index contributed by atoms with van der Waals surface area (Å²) in [5.74, 6) is 0.114. The number of hydrogen-bond acceptors (Lipinski definition) is 2. The Hall–Kier alpha value is 0.715. The van der Waals surface area contributed by atoms with Gasteiger partial charge >= 0.3 is 0 Å².